The number of nitrogens with two attached hydrogens (primary N) is 1. The lowest BCUT2D eigenvalue weighted by Crippen LogP contribution is -2.13. The fraction of sp³-hybridized carbons (Fsp3) is 0.667. The van der Waals surface area contributed by atoms with E-state index in [9.17, 15) is 0 Å². The number of nitrogens with one attached hydrogen (secondary N) is 2. The van der Waals surface area contributed by atoms with E-state index in [1.54, 1.807) is 0 Å². The van der Waals surface area contributed by atoms with E-state index in [2.05, 4.69) is 20.7 Å². The van der Waals surface area contributed by atoms with Gasteiger partial charge in [0.05, 0.1) is 6.10 Å². The second-order valence-corrected chi connectivity index (χ2v) is 4.39. The number of unbranched alkanes of at least 4 members (excludes halogenated alkanes) is 1. The third-order valence-corrected chi connectivity index (χ3v) is 2.54. The van der Waals surface area contributed by atoms with Crippen molar-refractivity contribution in [3.63, 3.8) is 0 Å². The summed E-state index contributed by atoms with van der Waals surface area (Å²) in [6.45, 7) is 7.69. The summed E-state index contributed by atoms with van der Waals surface area (Å²) in [6.07, 6.45) is 3.88. The van der Waals surface area contributed by atoms with E-state index in [1.165, 1.54) is 6.33 Å². The van der Waals surface area contributed by atoms with Crippen LogP contribution >= 0.6 is 0 Å². The van der Waals surface area contributed by atoms with E-state index in [4.69, 9.17) is 10.6 Å². The van der Waals surface area contributed by atoms with Crippen molar-refractivity contribution >= 4 is 11.6 Å². The average molecular weight is 253 g/mol. The molecule has 18 heavy (non-hydrogen) atoms. The number of nitrogens with zero attached hydrogens (tertiary/aromatic N) is 2. The molecule has 1 aromatic rings. The number of aromatic nitrogens is 2. The van der Waals surface area contributed by atoms with Crippen LogP contribution in [0.1, 0.15) is 32.3 Å². The van der Waals surface area contributed by atoms with Crippen molar-refractivity contribution in [3.8, 4) is 0 Å². The number of hydrazine groups is 1. The first kappa shape index (κ1) is 14.7. The zero-order chi connectivity index (χ0) is 13.4. The smallest absolute Gasteiger partial charge is 0.148 e. The number of hydrogen-bond donors (Lipinski definition) is 3. The number of nitrogen functional groups attached to an aromatic ring is 1. The van der Waals surface area contributed by atoms with Crippen LogP contribution in [0.4, 0.5) is 11.6 Å². The quantitative estimate of drug-likeness (QED) is 0.371. The molecule has 6 heteroatoms. The van der Waals surface area contributed by atoms with Crippen molar-refractivity contribution in [2.45, 2.75) is 39.7 Å². The molecule has 1 rings (SSSR count). The molecule has 0 amide bonds. The standard InChI is InChI=1S/C12H23N5O/c1-9(2)18-7-5-4-6-14-11-10(3)12(17-13)16-8-15-11/h8-9H,4-7,13H2,1-3H3,(H2,14,15,16,17). The monoisotopic (exact) mass is 253 g/mol. The molecule has 0 fully saturated rings. The summed E-state index contributed by atoms with van der Waals surface area (Å²) in [5.74, 6) is 6.83. The molecule has 0 atom stereocenters. The van der Waals surface area contributed by atoms with Gasteiger partial charge in [0.1, 0.15) is 18.0 Å². The van der Waals surface area contributed by atoms with Crippen LogP contribution in [0.5, 0.6) is 0 Å². The Morgan fingerprint density at radius 1 is 1.28 bits per heavy atom. The van der Waals surface area contributed by atoms with E-state index >= 15 is 0 Å². The first-order chi connectivity index (χ1) is 8.65. The maximum Gasteiger partial charge on any atom is 0.148 e. The topological polar surface area (TPSA) is 85.1 Å². The summed E-state index contributed by atoms with van der Waals surface area (Å²) in [6, 6.07) is 0. The van der Waals surface area contributed by atoms with Crippen LogP contribution in [-0.4, -0.2) is 29.2 Å². The molecule has 0 bridgehead atoms. The summed E-state index contributed by atoms with van der Waals surface area (Å²) in [5.41, 5.74) is 3.48. The van der Waals surface area contributed by atoms with E-state index < -0.39 is 0 Å². The highest BCUT2D eigenvalue weighted by atomic mass is 16.5. The minimum Gasteiger partial charge on any atom is -0.379 e. The van der Waals surface area contributed by atoms with Crippen molar-refractivity contribution in [2.75, 3.05) is 23.9 Å². The number of anilines is 2. The van der Waals surface area contributed by atoms with Crippen molar-refractivity contribution in [1.29, 1.82) is 0 Å². The van der Waals surface area contributed by atoms with Crippen LogP contribution < -0.4 is 16.6 Å². The third kappa shape index (κ3) is 4.85. The summed E-state index contributed by atoms with van der Waals surface area (Å²) in [4.78, 5) is 8.21. The normalized spacial score (nSPS) is 10.7. The van der Waals surface area contributed by atoms with Crippen LogP contribution in [0.2, 0.25) is 0 Å². The summed E-state index contributed by atoms with van der Waals surface area (Å²) in [7, 11) is 0. The zero-order valence-corrected chi connectivity index (χ0v) is 11.4. The van der Waals surface area contributed by atoms with Gasteiger partial charge in [0, 0.05) is 18.7 Å². The SMILES string of the molecule is Cc1c(NN)ncnc1NCCCCOC(C)C. The predicted molar refractivity (Wildman–Crippen MR) is 73.4 cm³/mol. The molecular formula is C12H23N5O. The van der Waals surface area contributed by atoms with Crippen LogP contribution in [0.3, 0.4) is 0 Å². The zero-order valence-electron chi connectivity index (χ0n) is 11.4. The largest absolute Gasteiger partial charge is 0.379 e. The van der Waals surface area contributed by atoms with Crippen LogP contribution in [-0.2, 0) is 4.74 Å². The lowest BCUT2D eigenvalue weighted by Gasteiger charge is -2.11. The van der Waals surface area contributed by atoms with Gasteiger partial charge in [-0.2, -0.15) is 0 Å². The van der Waals surface area contributed by atoms with Crippen LogP contribution in [0.25, 0.3) is 0 Å². The Kier molecular flexibility index (Phi) is 6.38. The maximum absolute atomic E-state index is 5.47. The van der Waals surface area contributed by atoms with Gasteiger partial charge in [-0.15, -0.1) is 0 Å². The van der Waals surface area contributed by atoms with Gasteiger partial charge < -0.3 is 15.5 Å². The molecule has 0 spiro atoms. The molecule has 0 aliphatic carbocycles. The van der Waals surface area contributed by atoms with Gasteiger partial charge in [0.25, 0.3) is 0 Å². The van der Waals surface area contributed by atoms with Gasteiger partial charge in [-0.3, -0.25) is 0 Å². The van der Waals surface area contributed by atoms with E-state index in [0.29, 0.717) is 11.9 Å². The van der Waals surface area contributed by atoms with Crippen LogP contribution in [0.15, 0.2) is 6.33 Å². The van der Waals surface area contributed by atoms with Crippen molar-refractivity contribution in [2.24, 2.45) is 5.84 Å². The Morgan fingerprint density at radius 2 is 2.00 bits per heavy atom. The van der Waals surface area contributed by atoms with Gasteiger partial charge >= 0.3 is 0 Å². The molecule has 0 saturated heterocycles. The first-order valence-corrected chi connectivity index (χ1v) is 6.28. The van der Waals surface area contributed by atoms with Gasteiger partial charge in [-0.05, 0) is 33.6 Å². The Morgan fingerprint density at radius 3 is 2.67 bits per heavy atom. The van der Waals surface area contributed by atoms with Gasteiger partial charge in [0.15, 0.2) is 0 Å². The molecule has 0 aliphatic rings. The van der Waals surface area contributed by atoms with Crippen molar-refractivity contribution in [3.05, 3.63) is 11.9 Å². The highest BCUT2D eigenvalue weighted by molar-refractivity contribution is 5.55. The Balaban J connectivity index is 2.27. The lowest BCUT2D eigenvalue weighted by atomic mass is 10.3. The lowest BCUT2D eigenvalue weighted by molar-refractivity contribution is 0.0765. The fourth-order valence-corrected chi connectivity index (χ4v) is 1.53. The maximum atomic E-state index is 5.47. The molecule has 0 saturated carbocycles. The number of rotatable bonds is 8. The van der Waals surface area contributed by atoms with Gasteiger partial charge in [-0.1, -0.05) is 0 Å². The minimum atomic E-state index is 0.306. The molecule has 0 radical (unpaired) electrons. The Labute approximate surface area is 108 Å². The van der Waals surface area contributed by atoms with E-state index in [-0.39, 0.29) is 0 Å². The predicted octanol–water partition coefficient (Wildman–Crippen LogP) is 1.69. The second kappa shape index (κ2) is 7.84. The molecule has 0 unspecified atom stereocenters. The summed E-state index contributed by atoms with van der Waals surface area (Å²) in [5, 5.41) is 3.27. The third-order valence-electron chi connectivity index (χ3n) is 2.54. The van der Waals surface area contributed by atoms with Crippen molar-refractivity contribution < 1.29 is 4.74 Å². The van der Waals surface area contributed by atoms with Crippen LogP contribution in [0, 0.1) is 6.92 Å². The van der Waals surface area contributed by atoms with Gasteiger partial charge in [0.2, 0.25) is 0 Å². The highest BCUT2D eigenvalue weighted by Crippen LogP contribution is 2.16. The summed E-state index contributed by atoms with van der Waals surface area (Å²) < 4.78 is 5.47. The molecule has 102 valence electrons. The molecule has 1 aromatic heterocycles. The Hall–Kier alpha value is -1.40. The van der Waals surface area contributed by atoms with Gasteiger partial charge in [-0.25, -0.2) is 15.8 Å². The van der Waals surface area contributed by atoms with E-state index in [1.807, 2.05) is 20.8 Å². The molecule has 1 heterocycles. The molecule has 0 aliphatic heterocycles. The first-order valence-electron chi connectivity index (χ1n) is 6.28. The molecular weight excluding hydrogens is 230 g/mol. The molecule has 4 N–H and O–H groups in total. The minimum absolute atomic E-state index is 0.306. The van der Waals surface area contributed by atoms with E-state index in [0.717, 1.165) is 37.4 Å². The summed E-state index contributed by atoms with van der Waals surface area (Å²) >= 11 is 0. The second-order valence-electron chi connectivity index (χ2n) is 4.39. The fourth-order valence-electron chi connectivity index (χ4n) is 1.53. The number of hydrogen-bond acceptors (Lipinski definition) is 6. The molecule has 6 nitrogen and oxygen atoms in total. The highest BCUT2D eigenvalue weighted by Gasteiger charge is 2.04. The molecule has 0 aromatic carbocycles. The average Bonchev–Trinajstić information content (AvgIpc) is 2.35. The Bertz CT molecular complexity index is 356. The van der Waals surface area contributed by atoms with Crippen molar-refractivity contribution in [1.82, 2.24) is 9.97 Å². The number of ether oxygens (including phenoxy) is 1.